The van der Waals surface area contributed by atoms with Gasteiger partial charge in [0, 0.05) is 11.1 Å². The first kappa shape index (κ1) is 15.3. The van der Waals surface area contributed by atoms with Crippen molar-refractivity contribution in [3.8, 4) is 5.75 Å². The average Bonchev–Trinajstić information content (AvgIpc) is 2.43. The minimum atomic E-state index is -3.05. The van der Waals surface area contributed by atoms with E-state index >= 15 is 0 Å². The maximum absolute atomic E-state index is 14.1. The molecule has 0 fully saturated rings. The Morgan fingerprint density at radius 2 is 1.71 bits per heavy atom. The highest BCUT2D eigenvalue weighted by molar-refractivity contribution is 5.43. The van der Waals surface area contributed by atoms with Crippen LogP contribution < -0.4 is 10.5 Å². The predicted octanol–water partition coefficient (Wildman–Crippen LogP) is 3.92. The van der Waals surface area contributed by atoms with Crippen molar-refractivity contribution in [3.05, 3.63) is 64.7 Å². The molecule has 2 rings (SSSR count). The minimum Gasteiger partial charge on any atom is -0.434 e. The summed E-state index contributed by atoms with van der Waals surface area (Å²) < 4.78 is 57.0. The number of halogens is 4. The van der Waals surface area contributed by atoms with Crippen LogP contribution in [0.1, 0.15) is 22.7 Å². The largest absolute Gasteiger partial charge is 0.434 e. The van der Waals surface area contributed by atoms with Gasteiger partial charge in [-0.25, -0.2) is 8.78 Å². The summed E-state index contributed by atoms with van der Waals surface area (Å²) in [6.45, 7) is -1.59. The van der Waals surface area contributed by atoms with Crippen molar-refractivity contribution in [1.29, 1.82) is 0 Å². The van der Waals surface area contributed by atoms with Gasteiger partial charge in [0.15, 0.2) is 0 Å². The Morgan fingerprint density at radius 1 is 1.05 bits per heavy atom. The number of alkyl halides is 2. The summed E-state index contributed by atoms with van der Waals surface area (Å²) in [5.41, 5.74) is 5.78. The fourth-order valence-corrected chi connectivity index (χ4v) is 2.06. The Labute approximate surface area is 119 Å². The van der Waals surface area contributed by atoms with Crippen LogP contribution in [-0.4, -0.2) is 6.61 Å². The van der Waals surface area contributed by atoms with E-state index in [-0.39, 0.29) is 22.4 Å². The zero-order valence-corrected chi connectivity index (χ0v) is 11.1. The number of hydrogen-bond donors (Lipinski definition) is 1. The lowest BCUT2D eigenvalue weighted by atomic mass is 9.96. The molecule has 2 aromatic rings. The van der Waals surface area contributed by atoms with Crippen molar-refractivity contribution in [2.45, 2.75) is 19.6 Å². The standard InChI is InChI=1S/C15H13F4NO/c1-8-6-7-10(16)12(13(8)17)14(20)9-4-2-3-5-11(9)21-15(18)19/h2-7,14-15H,20H2,1H3. The first-order valence-corrected chi connectivity index (χ1v) is 6.15. The van der Waals surface area contributed by atoms with Crippen LogP contribution in [0, 0.1) is 18.6 Å². The molecular formula is C15H13F4NO. The molecule has 2 aromatic carbocycles. The van der Waals surface area contributed by atoms with E-state index in [2.05, 4.69) is 4.74 Å². The summed E-state index contributed by atoms with van der Waals surface area (Å²) >= 11 is 0. The lowest BCUT2D eigenvalue weighted by Crippen LogP contribution is -2.18. The summed E-state index contributed by atoms with van der Waals surface area (Å²) in [5.74, 6) is -1.84. The average molecular weight is 299 g/mol. The molecule has 0 aliphatic heterocycles. The molecule has 112 valence electrons. The van der Waals surface area contributed by atoms with E-state index < -0.39 is 24.3 Å². The molecular weight excluding hydrogens is 286 g/mol. The third-order valence-electron chi connectivity index (χ3n) is 3.10. The molecule has 2 N–H and O–H groups in total. The van der Waals surface area contributed by atoms with Crippen LogP contribution in [0.2, 0.25) is 0 Å². The Hall–Kier alpha value is -2.08. The van der Waals surface area contributed by atoms with E-state index in [1.165, 1.54) is 37.3 Å². The second-order valence-corrected chi connectivity index (χ2v) is 4.49. The smallest absolute Gasteiger partial charge is 0.387 e. The van der Waals surface area contributed by atoms with E-state index in [1.807, 2.05) is 0 Å². The molecule has 0 spiro atoms. The van der Waals surface area contributed by atoms with Crippen molar-refractivity contribution in [1.82, 2.24) is 0 Å². The molecule has 21 heavy (non-hydrogen) atoms. The van der Waals surface area contributed by atoms with Crippen molar-refractivity contribution < 1.29 is 22.3 Å². The van der Waals surface area contributed by atoms with Crippen LogP contribution in [0.4, 0.5) is 17.6 Å². The van der Waals surface area contributed by atoms with Gasteiger partial charge in [-0.05, 0) is 24.6 Å². The highest BCUT2D eigenvalue weighted by atomic mass is 19.3. The molecule has 2 nitrogen and oxygen atoms in total. The van der Waals surface area contributed by atoms with Gasteiger partial charge < -0.3 is 10.5 Å². The van der Waals surface area contributed by atoms with Crippen LogP contribution in [0.15, 0.2) is 36.4 Å². The van der Waals surface area contributed by atoms with E-state index in [9.17, 15) is 17.6 Å². The molecule has 1 atom stereocenters. The Bertz CT molecular complexity index is 646. The van der Waals surface area contributed by atoms with Crippen LogP contribution in [-0.2, 0) is 0 Å². The van der Waals surface area contributed by atoms with E-state index in [4.69, 9.17) is 5.73 Å². The van der Waals surface area contributed by atoms with Gasteiger partial charge >= 0.3 is 6.61 Å². The fraction of sp³-hybridized carbons (Fsp3) is 0.200. The monoisotopic (exact) mass is 299 g/mol. The molecule has 0 bridgehead atoms. The molecule has 0 saturated carbocycles. The lowest BCUT2D eigenvalue weighted by Gasteiger charge is -2.18. The molecule has 0 aliphatic rings. The maximum atomic E-state index is 14.1. The fourth-order valence-electron chi connectivity index (χ4n) is 2.06. The van der Waals surface area contributed by atoms with E-state index in [1.54, 1.807) is 0 Å². The zero-order chi connectivity index (χ0) is 15.6. The maximum Gasteiger partial charge on any atom is 0.387 e. The van der Waals surface area contributed by atoms with Gasteiger partial charge in [0.25, 0.3) is 0 Å². The summed E-state index contributed by atoms with van der Waals surface area (Å²) in [6.07, 6.45) is 0. The van der Waals surface area contributed by atoms with E-state index in [0.29, 0.717) is 0 Å². The number of ether oxygens (including phenoxy) is 1. The molecule has 0 radical (unpaired) electrons. The van der Waals surface area contributed by atoms with Gasteiger partial charge in [0.2, 0.25) is 0 Å². The van der Waals surface area contributed by atoms with Gasteiger partial charge in [-0.2, -0.15) is 8.78 Å². The van der Waals surface area contributed by atoms with Crippen molar-refractivity contribution in [3.63, 3.8) is 0 Å². The molecule has 1 unspecified atom stereocenters. The first-order chi connectivity index (χ1) is 9.91. The van der Waals surface area contributed by atoms with Crippen LogP contribution in [0.25, 0.3) is 0 Å². The van der Waals surface area contributed by atoms with Gasteiger partial charge in [-0.1, -0.05) is 24.3 Å². The topological polar surface area (TPSA) is 35.2 Å². The van der Waals surface area contributed by atoms with Crippen LogP contribution in [0.5, 0.6) is 5.75 Å². The molecule has 0 saturated heterocycles. The zero-order valence-electron chi connectivity index (χ0n) is 11.1. The van der Waals surface area contributed by atoms with Crippen molar-refractivity contribution >= 4 is 0 Å². The number of aryl methyl sites for hydroxylation is 1. The molecule has 6 heteroatoms. The Morgan fingerprint density at radius 3 is 2.38 bits per heavy atom. The van der Waals surface area contributed by atoms with Crippen LogP contribution in [0.3, 0.4) is 0 Å². The number of nitrogens with two attached hydrogens (primary N) is 1. The van der Waals surface area contributed by atoms with Crippen molar-refractivity contribution in [2.75, 3.05) is 0 Å². The summed E-state index contributed by atoms with van der Waals surface area (Å²) in [7, 11) is 0. The number of para-hydroxylation sites is 1. The Kier molecular flexibility index (Phi) is 4.47. The van der Waals surface area contributed by atoms with Gasteiger partial charge in [0.1, 0.15) is 17.4 Å². The summed E-state index contributed by atoms with van der Waals surface area (Å²) in [5, 5.41) is 0. The summed E-state index contributed by atoms with van der Waals surface area (Å²) in [6, 6.07) is 6.78. The first-order valence-electron chi connectivity index (χ1n) is 6.15. The number of rotatable bonds is 4. The molecule has 0 heterocycles. The van der Waals surface area contributed by atoms with Gasteiger partial charge in [0.05, 0.1) is 6.04 Å². The molecule has 0 amide bonds. The minimum absolute atomic E-state index is 0.0844. The highest BCUT2D eigenvalue weighted by Crippen LogP contribution is 2.32. The second kappa shape index (κ2) is 6.13. The third kappa shape index (κ3) is 3.16. The lowest BCUT2D eigenvalue weighted by molar-refractivity contribution is -0.0505. The van der Waals surface area contributed by atoms with Crippen molar-refractivity contribution in [2.24, 2.45) is 5.73 Å². The second-order valence-electron chi connectivity index (χ2n) is 4.49. The number of benzene rings is 2. The highest BCUT2D eigenvalue weighted by Gasteiger charge is 2.23. The van der Waals surface area contributed by atoms with Gasteiger partial charge in [-0.15, -0.1) is 0 Å². The van der Waals surface area contributed by atoms with E-state index in [0.717, 1.165) is 6.07 Å². The summed E-state index contributed by atoms with van der Waals surface area (Å²) in [4.78, 5) is 0. The molecule has 0 aromatic heterocycles. The quantitative estimate of drug-likeness (QED) is 0.868. The van der Waals surface area contributed by atoms with Crippen LogP contribution >= 0.6 is 0 Å². The van der Waals surface area contributed by atoms with Gasteiger partial charge in [-0.3, -0.25) is 0 Å². The third-order valence-corrected chi connectivity index (χ3v) is 3.10. The SMILES string of the molecule is Cc1ccc(F)c(C(N)c2ccccc2OC(F)F)c1F. The number of hydrogen-bond acceptors (Lipinski definition) is 2. The normalized spacial score (nSPS) is 12.5. The molecule has 0 aliphatic carbocycles. The predicted molar refractivity (Wildman–Crippen MR) is 70.2 cm³/mol. The Balaban J connectivity index is 2.50.